The minimum absolute atomic E-state index is 0.0611. The molecule has 0 spiro atoms. The number of benzene rings is 2. The summed E-state index contributed by atoms with van der Waals surface area (Å²) >= 11 is 0. The molecule has 0 unspecified atom stereocenters. The average molecular weight is 405 g/mol. The molecule has 0 radical (unpaired) electrons. The van der Waals surface area contributed by atoms with Crippen molar-refractivity contribution in [3.8, 4) is 5.75 Å². The normalized spacial score (nSPS) is 11.7. The second-order valence-electron chi connectivity index (χ2n) is 6.91. The minimum Gasteiger partial charge on any atom is -0.495 e. The number of aryl methyl sites for hydroxylation is 1. The molecule has 7 heteroatoms. The van der Waals surface area contributed by atoms with Gasteiger partial charge in [0, 0.05) is 12.2 Å². The summed E-state index contributed by atoms with van der Waals surface area (Å²) in [6, 6.07) is 12.5. The van der Waals surface area contributed by atoms with Gasteiger partial charge in [-0.05, 0) is 48.2 Å². The van der Waals surface area contributed by atoms with Gasteiger partial charge in [0.15, 0.2) is 0 Å². The first kappa shape index (κ1) is 21.9. The number of nitrogens with zero attached hydrogens (tertiary/aromatic N) is 1. The van der Waals surface area contributed by atoms with Crippen LogP contribution in [-0.4, -0.2) is 38.8 Å². The summed E-state index contributed by atoms with van der Waals surface area (Å²) in [5, 5.41) is 2.76. The van der Waals surface area contributed by atoms with Gasteiger partial charge in [-0.1, -0.05) is 39.0 Å². The predicted octanol–water partition coefficient (Wildman–Crippen LogP) is 3.78. The van der Waals surface area contributed by atoms with Crippen molar-refractivity contribution in [3.05, 3.63) is 53.6 Å². The van der Waals surface area contributed by atoms with E-state index in [-0.39, 0.29) is 23.7 Å². The lowest BCUT2D eigenvalue weighted by Gasteiger charge is -2.21. The number of hydrogen-bond acceptors (Lipinski definition) is 4. The predicted molar refractivity (Wildman–Crippen MR) is 111 cm³/mol. The van der Waals surface area contributed by atoms with Gasteiger partial charge in [-0.15, -0.1) is 0 Å². The Hall–Kier alpha value is -2.38. The Bertz CT molecular complexity index is 922. The summed E-state index contributed by atoms with van der Waals surface area (Å²) in [6.45, 7) is 7.59. The number of methoxy groups -OCH3 is 1. The van der Waals surface area contributed by atoms with Crippen LogP contribution in [-0.2, 0) is 14.8 Å². The van der Waals surface area contributed by atoms with Gasteiger partial charge in [0.05, 0.1) is 13.7 Å². The van der Waals surface area contributed by atoms with E-state index in [4.69, 9.17) is 4.74 Å². The third kappa shape index (κ3) is 5.11. The van der Waals surface area contributed by atoms with Crippen molar-refractivity contribution in [1.29, 1.82) is 0 Å². The van der Waals surface area contributed by atoms with Gasteiger partial charge in [-0.25, -0.2) is 8.42 Å². The van der Waals surface area contributed by atoms with Gasteiger partial charge >= 0.3 is 0 Å². The quantitative estimate of drug-likeness (QED) is 0.727. The lowest BCUT2D eigenvalue weighted by Crippen LogP contribution is -2.38. The van der Waals surface area contributed by atoms with Gasteiger partial charge in [-0.2, -0.15) is 4.31 Å². The van der Waals surface area contributed by atoms with Crippen LogP contribution in [0.5, 0.6) is 5.75 Å². The molecular formula is C21H28N2O4S. The molecule has 0 aliphatic carbocycles. The van der Waals surface area contributed by atoms with Gasteiger partial charge < -0.3 is 10.1 Å². The molecule has 0 heterocycles. The maximum atomic E-state index is 13.1. The van der Waals surface area contributed by atoms with Crippen LogP contribution in [0.3, 0.4) is 0 Å². The Kier molecular flexibility index (Phi) is 7.21. The van der Waals surface area contributed by atoms with Gasteiger partial charge in [0.1, 0.15) is 10.6 Å². The molecule has 0 aliphatic heterocycles. The van der Waals surface area contributed by atoms with Crippen molar-refractivity contribution in [1.82, 2.24) is 4.31 Å². The highest BCUT2D eigenvalue weighted by Gasteiger charge is 2.28. The number of sulfonamides is 1. The molecule has 0 aromatic heterocycles. The van der Waals surface area contributed by atoms with Crippen LogP contribution in [0, 0.1) is 6.92 Å². The van der Waals surface area contributed by atoms with E-state index in [0.717, 1.165) is 9.87 Å². The molecule has 0 atom stereocenters. The Labute approximate surface area is 167 Å². The standard InChI is InChI=1S/C21H28N2O4S/c1-6-23(28(25,26)20-13-16(4)7-12-19(20)27-5)14-21(24)22-18-10-8-17(9-11-18)15(2)3/h7-13,15H,6,14H2,1-5H3,(H,22,24). The van der Waals surface area contributed by atoms with Crippen molar-refractivity contribution in [3.63, 3.8) is 0 Å². The number of amides is 1. The van der Waals surface area contributed by atoms with Crippen molar-refractivity contribution >= 4 is 21.6 Å². The number of anilines is 1. The molecule has 6 nitrogen and oxygen atoms in total. The molecule has 2 rings (SSSR count). The molecule has 0 fully saturated rings. The maximum Gasteiger partial charge on any atom is 0.247 e. The van der Waals surface area contributed by atoms with Crippen molar-refractivity contribution < 1.29 is 17.9 Å². The number of carbonyl (C=O) groups excluding carboxylic acids is 1. The monoisotopic (exact) mass is 404 g/mol. The van der Waals surface area contributed by atoms with Crippen molar-refractivity contribution in [2.75, 3.05) is 25.5 Å². The summed E-state index contributed by atoms with van der Waals surface area (Å²) < 4.78 is 32.5. The average Bonchev–Trinajstić information content (AvgIpc) is 2.66. The summed E-state index contributed by atoms with van der Waals surface area (Å²) in [5.74, 6) is 0.262. The second-order valence-corrected chi connectivity index (χ2v) is 8.82. The zero-order valence-corrected chi connectivity index (χ0v) is 17.8. The van der Waals surface area contributed by atoms with E-state index in [1.54, 1.807) is 25.1 Å². The molecular weight excluding hydrogens is 376 g/mol. The lowest BCUT2D eigenvalue weighted by atomic mass is 10.0. The minimum atomic E-state index is -3.87. The Balaban J connectivity index is 2.18. The van der Waals surface area contributed by atoms with Gasteiger partial charge in [0.2, 0.25) is 15.9 Å². The molecule has 2 aromatic carbocycles. The molecule has 28 heavy (non-hydrogen) atoms. The first-order valence-corrected chi connectivity index (χ1v) is 10.7. The van der Waals surface area contributed by atoms with E-state index in [1.165, 1.54) is 12.7 Å². The Morgan fingerprint density at radius 3 is 2.32 bits per heavy atom. The van der Waals surface area contributed by atoms with Crippen LogP contribution in [0.1, 0.15) is 37.8 Å². The molecule has 2 aromatic rings. The number of carbonyl (C=O) groups is 1. The van der Waals surface area contributed by atoms with Crippen molar-refractivity contribution in [2.45, 2.75) is 38.5 Å². The SMILES string of the molecule is CCN(CC(=O)Nc1ccc(C(C)C)cc1)S(=O)(=O)c1cc(C)ccc1OC. The lowest BCUT2D eigenvalue weighted by molar-refractivity contribution is -0.116. The fourth-order valence-corrected chi connectivity index (χ4v) is 4.45. The van der Waals surface area contributed by atoms with E-state index in [2.05, 4.69) is 19.2 Å². The van der Waals surface area contributed by atoms with Crippen molar-refractivity contribution in [2.24, 2.45) is 0 Å². The van der Waals surface area contributed by atoms with E-state index in [0.29, 0.717) is 11.6 Å². The molecule has 0 saturated carbocycles. The largest absolute Gasteiger partial charge is 0.495 e. The molecule has 1 N–H and O–H groups in total. The number of nitrogens with one attached hydrogen (secondary N) is 1. The van der Waals surface area contributed by atoms with Gasteiger partial charge in [-0.3, -0.25) is 4.79 Å². The zero-order valence-electron chi connectivity index (χ0n) is 17.0. The third-order valence-electron chi connectivity index (χ3n) is 4.47. The molecule has 0 aliphatic rings. The summed E-state index contributed by atoms with van der Waals surface area (Å²) in [4.78, 5) is 12.5. The molecule has 0 bridgehead atoms. The van der Waals surface area contributed by atoms with Crippen LogP contribution in [0.4, 0.5) is 5.69 Å². The number of likely N-dealkylation sites (N-methyl/N-ethyl adjacent to an activating group) is 1. The van der Waals surface area contributed by atoms with Crippen LogP contribution in [0.15, 0.2) is 47.4 Å². The van der Waals surface area contributed by atoms with E-state index in [1.807, 2.05) is 31.2 Å². The van der Waals surface area contributed by atoms with Gasteiger partial charge in [0.25, 0.3) is 0 Å². The number of hydrogen-bond donors (Lipinski definition) is 1. The fraction of sp³-hybridized carbons (Fsp3) is 0.381. The summed E-state index contributed by atoms with van der Waals surface area (Å²) in [5.41, 5.74) is 2.60. The van der Waals surface area contributed by atoms with E-state index < -0.39 is 15.9 Å². The van der Waals surface area contributed by atoms with Crippen LogP contribution in [0.2, 0.25) is 0 Å². The summed E-state index contributed by atoms with van der Waals surface area (Å²) in [6.07, 6.45) is 0. The molecule has 1 amide bonds. The first-order chi connectivity index (χ1) is 13.2. The fourth-order valence-electron chi connectivity index (χ4n) is 2.80. The Morgan fingerprint density at radius 2 is 1.79 bits per heavy atom. The van der Waals surface area contributed by atoms with Crippen LogP contribution >= 0.6 is 0 Å². The maximum absolute atomic E-state index is 13.1. The number of ether oxygens (including phenoxy) is 1. The van der Waals surface area contributed by atoms with Crippen LogP contribution < -0.4 is 10.1 Å². The Morgan fingerprint density at radius 1 is 1.14 bits per heavy atom. The highest BCUT2D eigenvalue weighted by molar-refractivity contribution is 7.89. The van der Waals surface area contributed by atoms with Crippen LogP contribution in [0.25, 0.3) is 0 Å². The smallest absolute Gasteiger partial charge is 0.247 e. The number of rotatable bonds is 8. The zero-order chi connectivity index (χ0) is 20.9. The van der Waals surface area contributed by atoms with E-state index in [9.17, 15) is 13.2 Å². The first-order valence-electron chi connectivity index (χ1n) is 9.23. The molecule has 0 saturated heterocycles. The second kappa shape index (κ2) is 9.21. The highest BCUT2D eigenvalue weighted by Crippen LogP contribution is 2.27. The molecule has 152 valence electrons. The van der Waals surface area contributed by atoms with E-state index >= 15 is 0 Å². The highest BCUT2D eigenvalue weighted by atomic mass is 32.2. The topological polar surface area (TPSA) is 75.7 Å². The summed E-state index contributed by atoms with van der Waals surface area (Å²) in [7, 11) is -2.45. The third-order valence-corrected chi connectivity index (χ3v) is 6.41.